The van der Waals surface area contributed by atoms with Crippen LogP contribution in [0, 0.1) is 0 Å². The van der Waals surface area contributed by atoms with E-state index in [9.17, 15) is 0 Å². The van der Waals surface area contributed by atoms with E-state index >= 15 is 0 Å². The molecule has 0 bridgehead atoms. The molecule has 0 aliphatic rings. The molecule has 2 nitrogen and oxygen atoms in total. The summed E-state index contributed by atoms with van der Waals surface area (Å²) in [4.78, 5) is 0. The zero-order chi connectivity index (χ0) is 10.1. The molecule has 0 aromatic heterocycles. The van der Waals surface area contributed by atoms with Gasteiger partial charge in [0.1, 0.15) is 0 Å². The van der Waals surface area contributed by atoms with Gasteiger partial charge in [0.25, 0.3) is 0 Å². The van der Waals surface area contributed by atoms with Crippen molar-refractivity contribution in [3.8, 4) is 5.75 Å². The zero-order valence-corrected chi connectivity index (χ0v) is 10.9. The molecule has 0 amide bonds. The number of hydrogen-bond acceptors (Lipinski definition) is 2. The molecule has 2 rings (SSSR count). The molecule has 0 radical (unpaired) electrons. The van der Waals surface area contributed by atoms with Crippen LogP contribution in [0.1, 0.15) is 0 Å². The minimum Gasteiger partial charge on any atom is -0.549 e. The monoisotopic (exact) mass is 280 g/mol. The first kappa shape index (κ1) is 14.3. The molecule has 0 fully saturated rings. The first-order valence-electron chi connectivity index (χ1n) is 4.55. The Hall–Kier alpha value is -0.657. The quantitative estimate of drug-likeness (QED) is 0.874. The maximum absolute atomic E-state index is 8.34. The van der Waals surface area contributed by atoms with Crippen LogP contribution in [0.4, 0.5) is 0 Å². The smallest absolute Gasteiger partial charge is 0.549 e. The third-order valence-electron chi connectivity index (χ3n) is 1.55. The van der Waals surface area contributed by atoms with E-state index in [1.54, 1.807) is 0 Å². The van der Waals surface area contributed by atoms with Crippen LogP contribution in [-0.4, -0.2) is 18.3 Å². The molecular weight excluding hydrogens is 267 g/mol. The van der Waals surface area contributed by atoms with Crippen molar-refractivity contribution in [1.82, 2.24) is 0 Å². The number of rotatable bonds is 3. The maximum atomic E-state index is 8.34. The number of hydrogen-bond donors (Lipinski definition) is 1. The largest absolute Gasteiger partial charge is 2.00 e. The molecule has 0 atom stereocenters. The van der Waals surface area contributed by atoms with E-state index in [4.69, 9.17) is 9.84 Å². The molecule has 0 saturated carbocycles. The fourth-order valence-electron chi connectivity index (χ4n) is 0.937. The molecule has 0 aliphatic heterocycles. The first-order chi connectivity index (χ1) is 6.93. The molecular formula is C12H14O2Zr. The van der Waals surface area contributed by atoms with Crippen LogP contribution in [0.5, 0.6) is 5.75 Å². The normalized spacial score (nSPS) is 8.33. The van der Waals surface area contributed by atoms with Gasteiger partial charge in [-0.1, -0.05) is 0 Å². The van der Waals surface area contributed by atoms with Crippen LogP contribution < -0.4 is 4.74 Å². The second kappa shape index (κ2) is 9.88. The molecule has 0 saturated heterocycles. The van der Waals surface area contributed by atoms with Crippen LogP contribution in [0.15, 0.2) is 54.6 Å². The molecule has 0 heterocycles. The molecule has 78 valence electrons. The van der Waals surface area contributed by atoms with Crippen molar-refractivity contribution >= 4 is 0 Å². The number of aliphatic hydroxyl groups is 1. The molecule has 15 heavy (non-hydrogen) atoms. The Morgan fingerprint density at radius 2 is 1.67 bits per heavy atom. The van der Waals surface area contributed by atoms with E-state index in [2.05, 4.69) is 0 Å². The Kier molecular flexibility index (Phi) is 9.45. The van der Waals surface area contributed by atoms with Crippen molar-refractivity contribution in [1.29, 1.82) is 0 Å². The fraction of sp³-hybridized carbons (Fsp3) is 0.167. The van der Waals surface area contributed by atoms with Gasteiger partial charge in [-0.2, -0.15) is 18.2 Å². The maximum Gasteiger partial charge on any atom is 2.00 e. The minimum absolute atomic E-state index is 0. The van der Waals surface area contributed by atoms with Gasteiger partial charge in [0.2, 0.25) is 0 Å². The van der Waals surface area contributed by atoms with Crippen molar-refractivity contribution in [3.63, 3.8) is 0 Å². The summed E-state index contributed by atoms with van der Waals surface area (Å²) in [5, 5.41) is 8.34. The molecule has 0 aliphatic carbocycles. The van der Waals surface area contributed by atoms with Gasteiger partial charge in [0.15, 0.2) is 0 Å². The SMILES string of the molecule is OCCO[c-]1cccc1.[Zr+2].c1cc[cH-]c1. The van der Waals surface area contributed by atoms with Crippen molar-refractivity contribution in [2.75, 3.05) is 13.2 Å². The van der Waals surface area contributed by atoms with Crippen molar-refractivity contribution in [2.45, 2.75) is 0 Å². The number of aliphatic hydroxyl groups excluding tert-OH is 1. The molecule has 0 unspecified atom stereocenters. The van der Waals surface area contributed by atoms with Crippen LogP contribution >= 0.6 is 0 Å². The van der Waals surface area contributed by atoms with Gasteiger partial charge < -0.3 is 9.84 Å². The third kappa shape index (κ3) is 7.29. The molecule has 1 N–H and O–H groups in total. The third-order valence-corrected chi connectivity index (χ3v) is 1.55. The van der Waals surface area contributed by atoms with Gasteiger partial charge >= 0.3 is 26.2 Å². The van der Waals surface area contributed by atoms with E-state index in [0.29, 0.717) is 6.61 Å². The van der Waals surface area contributed by atoms with E-state index in [1.807, 2.05) is 54.6 Å². The van der Waals surface area contributed by atoms with Crippen LogP contribution in [0.25, 0.3) is 0 Å². The fourth-order valence-corrected chi connectivity index (χ4v) is 0.937. The molecule has 3 heteroatoms. The predicted octanol–water partition coefficient (Wildman–Crippen LogP) is 2.18. The summed E-state index contributed by atoms with van der Waals surface area (Å²) < 4.78 is 5.05. The van der Waals surface area contributed by atoms with Crippen molar-refractivity contribution < 1.29 is 36.0 Å². The topological polar surface area (TPSA) is 29.5 Å². The average molecular weight is 281 g/mol. The van der Waals surface area contributed by atoms with Gasteiger partial charge in [-0.25, -0.2) is 24.3 Å². The second-order valence-corrected chi connectivity index (χ2v) is 2.65. The van der Waals surface area contributed by atoms with Crippen molar-refractivity contribution in [2.24, 2.45) is 0 Å². The first-order valence-corrected chi connectivity index (χ1v) is 4.55. The Morgan fingerprint density at radius 3 is 2.07 bits per heavy atom. The summed E-state index contributed by atoms with van der Waals surface area (Å²) in [6, 6.07) is 17.5. The van der Waals surface area contributed by atoms with Crippen LogP contribution in [-0.2, 0) is 26.2 Å². The van der Waals surface area contributed by atoms with E-state index in [-0.39, 0.29) is 32.8 Å². The van der Waals surface area contributed by atoms with Crippen molar-refractivity contribution in [3.05, 3.63) is 54.6 Å². The molecule has 2 aromatic carbocycles. The summed E-state index contributed by atoms with van der Waals surface area (Å²) in [6.45, 7) is 0.454. The van der Waals surface area contributed by atoms with E-state index < -0.39 is 0 Å². The van der Waals surface area contributed by atoms with E-state index in [1.165, 1.54) is 0 Å². The van der Waals surface area contributed by atoms with Gasteiger partial charge in [-0.05, 0) is 0 Å². The van der Waals surface area contributed by atoms with Gasteiger partial charge in [-0.15, -0.1) is 12.1 Å². The standard InChI is InChI=1S/C7H9O2.C5H5.Zr/c8-5-6-9-7-3-1-2-4-7;1-2-4-5-3-1;/h1-4,8H,5-6H2;1-5H;/q2*-1;+2. The summed E-state index contributed by atoms with van der Waals surface area (Å²) >= 11 is 0. The van der Waals surface area contributed by atoms with Crippen LogP contribution in [0.2, 0.25) is 0 Å². The van der Waals surface area contributed by atoms with Gasteiger partial charge in [0, 0.05) is 5.75 Å². The van der Waals surface area contributed by atoms with Gasteiger partial charge in [-0.3, -0.25) is 0 Å². The summed E-state index contributed by atoms with van der Waals surface area (Å²) in [6.07, 6.45) is 0. The number of ether oxygens (including phenoxy) is 1. The average Bonchev–Trinajstić information content (AvgIpc) is 2.90. The summed E-state index contributed by atoms with van der Waals surface area (Å²) in [5.41, 5.74) is 0. The molecule has 2 aromatic rings. The summed E-state index contributed by atoms with van der Waals surface area (Å²) in [5.74, 6) is 0.823. The molecule has 0 spiro atoms. The zero-order valence-electron chi connectivity index (χ0n) is 8.47. The predicted molar refractivity (Wildman–Crippen MR) is 56.7 cm³/mol. The Balaban J connectivity index is 0.000000280. The van der Waals surface area contributed by atoms with E-state index in [0.717, 1.165) is 5.75 Å². The Morgan fingerprint density at radius 1 is 1.07 bits per heavy atom. The second-order valence-electron chi connectivity index (χ2n) is 2.65. The Labute approximate surface area is 109 Å². The van der Waals surface area contributed by atoms with Gasteiger partial charge in [0.05, 0.1) is 13.2 Å². The van der Waals surface area contributed by atoms with Crippen LogP contribution in [0.3, 0.4) is 0 Å². The Bertz CT molecular complexity index is 270. The summed E-state index contributed by atoms with van der Waals surface area (Å²) in [7, 11) is 0. The minimum atomic E-state index is 0.